The molecule has 1 aromatic carbocycles. The summed E-state index contributed by atoms with van der Waals surface area (Å²) in [5.41, 5.74) is -0.963. The monoisotopic (exact) mass is 262 g/mol. The molecule has 0 aromatic heterocycles. The molecular weight excluding hydrogens is 240 g/mol. The Kier molecular flexibility index (Phi) is 5.04. The largest absolute Gasteiger partial charge is 0.380 e. The number of ketones is 1. The highest BCUT2D eigenvalue weighted by Crippen LogP contribution is 2.14. The van der Waals surface area contributed by atoms with Crippen LogP contribution in [0.1, 0.15) is 33.3 Å². The smallest absolute Gasteiger partial charge is 0.189 e. The van der Waals surface area contributed by atoms with Crippen molar-refractivity contribution in [1.29, 1.82) is 0 Å². The van der Waals surface area contributed by atoms with Gasteiger partial charge in [0.1, 0.15) is 5.60 Å². The number of rotatable bonds is 5. The number of benzene rings is 1. The van der Waals surface area contributed by atoms with Crippen molar-refractivity contribution < 1.29 is 14.6 Å². The summed E-state index contributed by atoms with van der Waals surface area (Å²) in [7, 11) is 0. The molecule has 0 aliphatic rings. The Morgan fingerprint density at radius 1 is 1.21 bits per heavy atom. The minimum Gasteiger partial charge on any atom is -0.380 e. The van der Waals surface area contributed by atoms with E-state index in [1.54, 1.807) is 6.08 Å². The van der Waals surface area contributed by atoms with E-state index in [9.17, 15) is 9.90 Å². The van der Waals surface area contributed by atoms with Crippen LogP contribution in [-0.2, 0) is 9.53 Å². The van der Waals surface area contributed by atoms with E-state index in [0.29, 0.717) is 0 Å². The highest BCUT2D eigenvalue weighted by molar-refractivity contribution is 5.99. The van der Waals surface area contributed by atoms with Gasteiger partial charge in [-0.15, -0.1) is 0 Å². The van der Waals surface area contributed by atoms with Gasteiger partial charge < -0.3 is 9.84 Å². The Morgan fingerprint density at radius 3 is 2.32 bits per heavy atom. The summed E-state index contributed by atoms with van der Waals surface area (Å²) < 4.78 is 5.46. The van der Waals surface area contributed by atoms with Gasteiger partial charge in [0.15, 0.2) is 5.78 Å². The van der Waals surface area contributed by atoms with Crippen LogP contribution < -0.4 is 0 Å². The third-order valence-corrected chi connectivity index (χ3v) is 2.54. The zero-order valence-corrected chi connectivity index (χ0v) is 12.0. The Balaban J connectivity index is 2.63. The van der Waals surface area contributed by atoms with Gasteiger partial charge in [-0.05, 0) is 39.3 Å². The lowest BCUT2D eigenvalue weighted by molar-refractivity contribution is -0.143. The van der Waals surface area contributed by atoms with Crippen molar-refractivity contribution in [3.63, 3.8) is 0 Å². The summed E-state index contributed by atoms with van der Waals surface area (Å²) in [6, 6.07) is 9.48. The molecule has 0 aliphatic carbocycles. The van der Waals surface area contributed by atoms with E-state index in [0.717, 1.165) is 5.56 Å². The van der Waals surface area contributed by atoms with Crippen LogP contribution in [-0.4, -0.2) is 28.7 Å². The number of carbonyl (C=O) groups is 1. The molecule has 1 atom stereocenters. The maximum atomic E-state index is 11.9. The predicted molar refractivity (Wildman–Crippen MR) is 76.8 cm³/mol. The molecule has 0 bridgehead atoms. The van der Waals surface area contributed by atoms with Gasteiger partial charge >= 0.3 is 0 Å². The van der Waals surface area contributed by atoms with Crippen LogP contribution >= 0.6 is 0 Å². The van der Waals surface area contributed by atoms with Crippen molar-refractivity contribution >= 4 is 11.9 Å². The van der Waals surface area contributed by atoms with Gasteiger partial charge in [-0.25, -0.2) is 0 Å². The Hall–Kier alpha value is -1.45. The van der Waals surface area contributed by atoms with Crippen LogP contribution in [0.4, 0.5) is 0 Å². The molecule has 0 heterocycles. The third-order valence-electron chi connectivity index (χ3n) is 2.54. The summed E-state index contributed by atoms with van der Waals surface area (Å²) in [5.74, 6) is -0.361. The molecule has 3 heteroatoms. The molecule has 0 saturated carbocycles. The molecule has 1 N–H and O–H groups in total. The highest BCUT2D eigenvalue weighted by atomic mass is 16.5. The molecule has 19 heavy (non-hydrogen) atoms. The van der Waals surface area contributed by atoms with E-state index in [2.05, 4.69) is 0 Å². The van der Waals surface area contributed by atoms with Crippen molar-refractivity contribution in [3.05, 3.63) is 42.0 Å². The van der Waals surface area contributed by atoms with Crippen molar-refractivity contribution in [2.45, 2.75) is 38.9 Å². The van der Waals surface area contributed by atoms with Gasteiger partial charge in [0.25, 0.3) is 0 Å². The second-order valence-electron chi connectivity index (χ2n) is 5.78. The quantitative estimate of drug-likeness (QED) is 0.830. The molecule has 104 valence electrons. The average Bonchev–Trinajstić information content (AvgIpc) is 2.34. The minimum atomic E-state index is -1.50. The van der Waals surface area contributed by atoms with Crippen molar-refractivity contribution in [3.8, 4) is 0 Å². The molecule has 0 amide bonds. The summed E-state index contributed by atoms with van der Waals surface area (Å²) in [5, 5.41) is 10.1. The van der Waals surface area contributed by atoms with E-state index in [-0.39, 0.29) is 18.0 Å². The first-order valence-corrected chi connectivity index (χ1v) is 6.35. The topological polar surface area (TPSA) is 46.5 Å². The Labute approximate surface area is 114 Å². The molecule has 1 aromatic rings. The molecule has 0 aliphatic heterocycles. The highest BCUT2D eigenvalue weighted by Gasteiger charge is 2.30. The molecule has 0 spiro atoms. The lowest BCUT2D eigenvalue weighted by Crippen LogP contribution is -2.41. The van der Waals surface area contributed by atoms with Crippen LogP contribution in [0.5, 0.6) is 0 Å². The lowest BCUT2D eigenvalue weighted by Gasteiger charge is -2.26. The fourth-order valence-electron chi connectivity index (χ4n) is 1.34. The summed E-state index contributed by atoms with van der Waals surface area (Å²) >= 11 is 0. The van der Waals surface area contributed by atoms with Crippen molar-refractivity contribution in [1.82, 2.24) is 0 Å². The van der Waals surface area contributed by atoms with Gasteiger partial charge in [-0.1, -0.05) is 36.4 Å². The maximum absolute atomic E-state index is 11.9. The van der Waals surface area contributed by atoms with Gasteiger partial charge in [0.2, 0.25) is 0 Å². The maximum Gasteiger partial charge on any atom is 0.189 e. The first-order chi connectivity index (χ1) is 8.71. The normalized spacial score (nSPS) is 15.4. The Bertz CT molecular complexity index is 439. The number of carbonyl (C=O) groups excluding carboxylic acids is 1. The molecule has 0 radical (unpaired) electrons. The first kappa shape index (κ1) is 15.6. The number of hydrogen-bond acceptors (Lipinski definition) is 3. The van der Waals surface area contributed by atoms with E-state index >= 15 is 0 Å². The van der Waals surface area contributed by atoms with Crippen LogP contribution in [0.25, 0.3) is 6.08 Å². The zero-order valence-electron chi connectivity index (χ0n) is 12.0. The number of aliphatic hydroxyl groups is 1. The van der Waals surface area contributed by atoms with Gasteiger partial charge in [-0.2, -0.15) is 0 Å². The summed E-state index contributed by atoms with van der Waals surface area (Å²) in [6.45, 7) is 7.10. The molecule has 0 saturated heterocycles. The fraction of sp³-hybridized carbons (Fsp3) is 0.438. The van der Waals surface area contributed by atoms with Crippen molar-refractivity contribution in [2.75, 3.05) is 6.61 Å². The molecular formula is C16H22O3. The van der Waals surface area contributed by atoms with Crippen LogP contribution in [0.3, 0.4) is 0 Å². The second-order valence-corrected chi connectivity index (χ2v) is 5.78. The number of ether oxygens (including phenoxy) is 1. The van der Waals surface area contributed by atoms with Gasteiger partial charge in [0, 0.05) is 0 Å². The Morgan fingerprint density at radius 2 is 1.79 bits per heavy atom. The fourth-order valence-corrected chi connectivity index (χ4v) is 1.34. The van der Waals surface area contributed by atoms with Crippen LogP contribution in [0.15, 0.2) is 36.4 Å². The second kappa shape index (κ2) is 6.13. The predicted octanol–water partition coefficient (Wildman–Crippen LogP) is 2.84. The van der Waals surface area contributed by atoms with E-state index in [4.69, 9.17) is 4.74 Å². The van der Waals surface area contributed by atoms with Gasteiger partial charge in [-0.3, -0.25) is 4.79 Å². The zero-order chi connectivity index (χ0) is 14.5. The first-order valence-electron chi connectivity index (χ1n) is 6.35. The summed E-state index contributed by atoms with van der Waals surface area (Å²) in [6.07, 6.45) is 3.08. The number of hydrogen-bond donors (Lipinski definition) is 1. The van der Waals surface area contributed by atoms with Crippen LogP contribution in [0, 0.1) is 0 Å². The van der Waals surface area contributed by atoms with Crippen molar-refractivity contribution in [2.24, 2.45) is 0 Å². The molecule has 1 unspecified atom stereocenters. The van der Waals surface area contributed by atoms with Gasteiger partial charge in [0.05, 0.1) is 12.2 Å². The lowest BCUT2D eigenvalue weighted by atomic mass is 10.0. The minimum absolute atomic E-state index is 0.0194. The molecule has 1 rings (SSSR count). The molecule has 3 nitrogen and oxygen atoms in total. The van der Waals surface area contributed by atoms with E-state index < -0.39 is 5.60 Å². The van der Waals surface area contributed by atoms with Crippen LogP contribution in [0.2, 0.25) is 0 Å². The molecule has 0 fully saturated rings. The SMILES string of the molecule is CC(C)(C)OCC(C)(O)C(=O)C=Cc1ccccc1. The van der Waals surface area contributed by atoms with E-state index in [1.807, 2.05) is 51.1 Å². The summed E-state index contributed by atoms with van der Waals surface area (Å²) in [4.78, 5) is 11.9. The standard InChI is InChI=1S/C16H22O3/c1-15(2,3)19-12-16(4,18)14(17)11-10-13-8-6-5-7-9-13/h5-11,18H,12H2,1-4H3. The average molecular weight is 262 g/mol. The van der Waals surface area contributed by atoms with E-state index in [1.165, 1.54) is 13.0 Å². The third kappa shape index (κ3) is 5.81.